The fourth-order valence-corrected chi connectivity index (χ4v) is 2.13. The summed E-state index contributed by atoms with van der Waals surface area (Å²) in [5.74, 6) is -0.309. The number of anilines is 1. The Bertz CT molecular complexity index is 596. The van der Waals surface area contributed by atoms with Gasteiger partial charge in [-0.25, -0.2) is 4.79 Å². The van der Waals surface area contributed by atoms with Crippen LogP contribution in [-0.2, 0) is 15.1 Å². The number of rotatable bonds is 5. The largest absolute Gasteiger partial charge is 0.464 e. The van der Waals surface area contributed by atoms with Crippen LogP contribution in [0.4, 0.5) is 5.69 Å². The Hall–Kier alpha value is -2.36. The highest BCUT2D eigenvalue weighted by Crippen LogP contribution is 2.27. The molecule has 1 heterocycles. The topological polar surface area (TPSA) is 51.2 Å². The molecule has 2 aromatic rings. The monoisotopic (exact) mass is 284 g/mol. The summed E-state index contributed by atoms with van der Waals surface area (Å²) in [5, 5.41) is 3.28. The average molecular weight is 284 g/mol. The number of nitrogens with one attached hydrogen (secondary N) is 1. The molecule has 0 aliphatic rings. The van der Waals surface area contributed by atoms with E-state index >= 15 is 0 Å². The first-order valence-corrected chi connectivity index (χ1v) is 6.99. The summed E-state index contributed by atoms with van der Waals surface area (Å²) >= 11 is 0. The minimum Gasteiger partial charge on any atom is -0.464 e. The lowest BCUT2D eigenvalue weighted by molar-refractivity contribution is -0.148. The molecule has 0 saturated heterocycles. The van der Waals surface area contributed by atoms with Crippen LogP contribution >= 0.6 is 0 Å². The number of hydrogen-bond donors (Lipinski definition) is 1. The van der Waals surface area contributed by atoms with Crippen LogP contribution in [0.25, 0.3) is 0 Å². The molecule has 4 heteroatoms. The maximum absolute atomic E-state index is 12.4. The predicted molar refractivity (Wildman–Crippen MR) is 83.0 cm³/mol. The van der Waals surface area contributed by atoms with E-state index in [0.29, 0.717) is 6.61 Å². The highest BCUT2D eigenvalue weighted by Gasteiger charge is 2.36. The zero-order valence-corrected chi connectivity index (χ0v) is 12.6. The molecule has 1 aromatic carbocycles. The van der Waals surface area contributed by atoms with Crippen molar-refractivity contribution in [1.82, 2.24) is 4.98 Å². The van der Waals surface area contributed by atoms with Gasteiger partial charge in [0.1, 0.15) is 0 Å². The summed E-state index contributed by atoms with van der Waals surface area (Å²) in [6.45, 7) is 5.99. The zero-order chi connectivity index (χ0) is 15.3. The van der Waals surface area contributed by atoms with Crippen molar-refractivity contribution < 1.29 is 9.53 Å². The number of aryl methyl sites for hydroxylation is 1. The minimum atomic E-state index is -0.950. The number of nitrogens with zero attached hydrogens (tertiary/aromatic N) is 1. The molecule has 2 rings (SSSR count). The fraction of sp³-hybridized carbons (Fsp3) is 0.294. The van der Waals surface area contributed by atoms with E-state index in [9.17, 15) is 4.79 Å². The summed E-state index contributed by atoms with van der Waals surface area (Å²) in [5.41, 5.74) is 1.90. The van der Waals surface area contributed by atoms with E-state index in [2.05, 4.69) is 10.3 Å². The Balaban J connectivity index is 2.36. The molecule has 0 aliphatic heterocycles. The lowest BCUT2D eigenvalue weighted by Gasteiger charge is -2.30. The standard InChI is InChI=1S/C17H20N2O2/c1-4-21-16(20)17(3,14-9-11-18-12-10-14)19-15-7-5-13(2)6-8-15/h5-12,19H,4H2,1-3H3. The third-order valence-corrected chi connectivity index (χ3v) is 3.39. The second-order valence-electron chi connectivity index (χ2n) is 5.07. The highest BCUT2D eigenvalue weighted by atomic mass is 16.5. The summed E-state index contributed by atoms with van der Waals surface area (Å²) in [4.78, 5) is 16.4. The van der Waals surface area contributed by atoms with Gasteiger partial charge in [-0.1, -0.05) is 17.7 Å². The highest BCUT2D eigenvalue weighted by molar-refractivity contribution is 5.85. The van der Waals surface area contributed by atoms with Crippen LogP contribution in [-0.4, -0.2) is 17.6 Å². The molecular weight excluding hydrogens is 264 g/mol. The number of aromatic nitrogens is 1. The molecule has 1 aromatic heterocycles. The lowest BCUT2D eigenvalue weighted by Crippen LogP contribution is -2.42. The van der Waals surface area contributed by atoms with Crippen LogP contribution in [0.1, 0.15) is 25.0 Å². The van der Waals surface area contributed by atoms with Gasteiger partial charge >= 0.3 is 5.97 Å². The zero-order valence-electron chi connectivity index (χ0n) is 12.6. The Labute approximate surface area is 125 Å². The van der Waals surface area contributed by atoms with Crippen LogP contribution < -0.4 is 5.32 Å². The first-order valence-electron chi connectivity index (χ1n) is 6.99. The molecule has 0 saturated carbocycles. The van der Waals surface area contributed by atoms with Crippen LogP contribution in [0.5, 0.6) is 0 Å². The summed E-state index contributed by atoms with van der Waals surface area (Å²) < 4.78 is 5.24. The van der Waals surface area contributed by atoms with E-state index in [-0.39, 0.29) is 5.97 Å². The van der Waals surface area contributed by atoms with Crippen molar-refractivity contribution in [2.24, 2.45) is 0 Å². The van der Waals surface area contributed by atoms with Gasteiger partial charge in [-0.05, 0) is 50.6 Å². The molecule has 110 valence electrons. The van der Waals surface area contributed by atoms with Crippen molar-refractivity contribution in [2.45, 2.75) is 26.3 Å². The fourth-order valence-electron chi connectivity index (χ4n) is 2.13. The molecule has 0 bridgehead atoms. The van der Waals surface area contributed by atoms with Gasteiger partial charge in [0.15, 0.2) is 5.54 Å². The molecule has 1 N–H and O–H groups in total. The van der Waals surface area contributed by atoms with Gasteiger partial charge in [-0.3, -0.25) is 4.98 Å². The maximum Gasteiger partial charge on any atom is 0.336 e. The first-order chi connectivity index (χ1) is 10.1. The third-order valence-electron chi connectivity index (χ3n) is 3.39. The summed E-state index contributed by atoms with van der Waals surface area (Å²) in [6, 6.07) is 11.5. The smallest absolute Gasteiger partial charge is 0.336 e. The molecule has 0 fully saturated rings. The van der Waals surface area contributed by atoms with Crippen molar-refractivity contribution in [3.63, 3.8) is 0 Å². The van der Waals surface area contributed by atoms with Crippen molar-refractivity contribution in [3.05, 3.63) is 59.9 Å². The molecule has 1 unspecified atom stereocenters. The van der Waals surface area contributed by atoms with Gasteiger partial charge in [0.25, 0.3) is 0 Å². The van der Waals surface area contributed by atoms with E-state index in [4.69, 9.17) is 4.74 Å². The van der Waals surface area contributed by atoms with E-state index < -0.39 is 5.54 Å². The molecular formula is C17H20N2O2. The summed E-state index contributed by atoms with van der Waals surface area (Å²) in [6.07, 6.45) is 3.34. The van der Waals surface area contributed by atoms with Gasteiger partial charge in [0.2, 0.25) is 0 Å². The minimum absolute atomic E-state index is 0.309. The number of carbonyl (C=O) groups excluding carboxylic acids is 1. The molecule has 1 atom stereocenters. The van der Waals surface area contributed by atoms with Gasteiger partial charge < -0.3 is 10.1 Å². The second kappa shape index (κ2) is 6.39. The van der Waals surface area contributed by atoms with E-state index in [1.165, 1.54) is 5.56 Å². The SMILES string of the molecule is CCOC(=O)C(C)(Nc1ccc(C)cc1)c1ccncc1. The molecule has 0 radical (unpaired) electrons. The van der Waals surface area contributed by atoms with Gasteiger partial charge in [0, 0.05) is 18.1 Å². The maximum atomic E-state index is 12.4. The second-order valence-corrected chi connectivity index (χ2v) is 5.07. The normalized spacial score (nSPS) is 13.3. The number of hydrogen-bond acceptors (Lipinski definition) is 4. The number of carbonyl (C=O) groups is 1. The predicted octanol–water partition coefficient (Wildman–Crippen LogP) is 3.28. The molecule has 0 amide bonds. The van der Waals surface area contributed by atoms with Gasteiger partial charge in [0.05, 0.1) is 6.61 Å². The Morgan fingerprint density at radius 2 is 1.81 bits per heavy atom. The Kier molecular flexibility index (Phi) is 4.58. The number of esters is 1. The van der Waals surface area contributed by atoms with E-state index in [0.717, 1.165) is 11.3 Å². The third kappa shape index (κ3) is 3.40. The number of ether oxygens (including phenoxy) is 1. The number of benzene rings is 1. The lowest BCUT2D eigenvalue weighted by atomic mass is 9.92. The molecule has 0 spiro atoms. The van der Waals surface area contributed by atoms with Gasteiger partial charge in [-0.15, -0.1) is 0 Å². The molecule has 21 heavy (non-hydrogen) atoms. The molecule has 4 nitrogen and oxygen atoms in total. The Morgan fingerprint density at radius 1 is 1.19 bits per heavy atom. The quantitative estimate of drug-likeness (QED) is 0.856. The van der Waals surface area contributed by atoms with Crippen molar-refractivity contribution in [1.29, 1.82) is 0 Å². The van der Waals surface area contributed by atoms with Crippen LogP contribution in [0, 0.1) is 6.92 Å². The van der Waals surface area contributed by atoms with Crippen LogP contribution in [0.3, 0.4) is 0 Å². The van der Waals surface area contributed by atoms with E-state index in [1.807, 2.05) is 50.2 Å². The summed E-state index contributed by atoms with van der Waals surface area (Å²) in [7, 11) is 0. The first kappa shape index (κ1) is 15.0. The average Bonchev–Trinajstić information content (AvgIpc) is 2.50. The van der Waals surface area contributed by atoms with Crippen LogP contribution in [0.2, 0.25) is 0 Å². The van der Waals surface area contributed by atoms with Crippen molar-refractivity contribution in [3.8, 4) is 0 Å². The molecule has 0 aliphatic carbocycles. The van der Waals surface area contributed by atoms with Crippen LogP contribution in [0.15, 0.2) is 48.8 Å². The Morgan fingerprint density at radius 3 is 2.38 bits per heavy atom. The van der Waals surface area contributed by atoms with E-state index in [1.54, 1.807) is 19.3 Å². The number of pyridine rings is 1. The van der Waals surface area contributed by atoms with Crippen molar-refractivity contribution in [2.75, 3.05) is 11.9 Å². The van der Waals surface area contributed by atoms with Crippen molar-refractivity contribution >= 4 is 11.7 Å². The van der Waals surface area contributed by atoms with Gasteiger partial charge in [-0.2, -0.15) is 0 Å².